The molecule has 0 rings (SSSR count). The minimum Gasteiger partial charge on any atom is -0.353 e. The standard InChI is InChI=1S/C9H15BrF3NO/c1-6(5-10)7(2)14-8(15)3-4-9(11,12)13/h6-7H,3-5H2,1-2H3,(H,14,15). The second-order valence-corrected chi connectivity index (χ2v) is 4.25. The predicted molar refractivity (Wildman–Crippen MR) is 55.9 cm³/mol. The van der Waals surface area contributed by atoms with Gasteiger partial charge in [0.15, 0.2) is 0 Å². The molecule has 1 N–H and O–H groups in total. The van der Waals surface area contributed by atoms with Crippen molar-refractivity contribution < 1.29 is 18.0 Å². The van der Waals surface area contributed by atoms with Gasteiger partial charge in [-0.1, -0.05) is 22.9 Å². The highest BCUT2D eigenvalue weighted by atomic mass is 79.9. The van der Waals surface area contributed by atoms with Crippen molar-refractivity contribution in [3.05, 3.63) is 0 Å². The van der Waals surface area contributed by atoms with Crippen molar-refractivity contribution in [2.45, 2.75) is 38.9 Å². The van der Waals surface area contributed by atoms with E-state index in [1.807, 2.05) is 6.92 Å². The van der Waals surface area contributed by atoms with Crippen molar-refractivity contribution in [1.29, 1.82) is 0 Å². The molecule has 1 amide bonds. The summed E-state index contributed by atoms with van der Waals surface area (Å²) < 4.78 is 35.4. The molecule has 6 heteroatoms. The molecule has 15 heavy (non-hydrogen) atoms. The zero-order chi connectivity index (χ0) is 12.1. The molecule has 0 heterocycles. The maximum atomic E-state index is 11.8. The van der Waals surface area contributed by atoms with Crippen LogP contribution in [0.2, 0.25) is 0 Å². The van der Waals surface area contributed by atoms with Crippen LogP contribution in [-0.2, 0) is 4.79 Å². The molecule has 90 valence electrons. The maximum absolute atomic E-state index is 11.8. The second-order valence-electron chi connectivity index (χ2n) is 3.60. The number of alkyl halides is 4. The molecule has 0 aromatic rings. The molecular formula is C9H15BrF3NO. The number of hydrogen-bond donors (Lipinski definition) is 1. The summed E-state index contributed by atoms with van der Waals surface area (Å²) in [5, 5.41) is 3.24. The monoisotopic (exact) mass is 289 g/mol. The van der Waals surface area contributed by atoms with E-state index in [-0.39, 0.29) is 12.0 Å². The molecule has 0 saturated heterocycles. The second kappa shape index (κ2) is 6.35. The van der Waals surface area contributed by atoms with Gasteiger partial charge in [-0.05, 0) is 12.8 Å². The van der Waals surface area contributed by atoms with Crippen LogP contribution in [0.15, 0.2) is 0 Å². The topological polar surface area (TPSA) is 29.1 Å². The van der Waals surface area contributed by atoms with Crippen LogP contribution in [0.1, 0.15) is 26.7 Å². The third kappa shape index (κ3) is 7.64. The van der Waals surface area contributed by atoms with Gasteiger partial charge in [-0.15, -0.1) is 0 Å². The van der Waals surface area contributed by atoms with E-state index in [0.29, 0.717) is 5.33 Å². The Bertz CT molecular complexity index is 208. The lowest BCUT2D eigenvalue weighted by Crippen LogP contribution is -2.38. The lowest BCUT2D eigenvalue weighted by Gasteiger charge is -2.19. The van der Waals surface area contributed by atoms with Crippen LogP contribution >= 0.6 is 15.9 Å². The molecule has 0 radical (unpaired) electrons. The first-order valence-electron chi connectivity index (χ1n) is 4.68. The van der Waals surface area contributed by atoms with Crippen molar-refractivity contribution >= 4 is 21.8 Å². The molecule has 0 aromatic heterocycles. The van der Waals surface area contributed by atoms with E-state index in [1.54, 1.807) is 6.92 Å². The average molecular weight is 290 g/mol. The van der Waals surface area contributed by atoms with Crippen LogP contribution < -0.4 is 5.32 Å². The Kier molecular flexibility index (Phi) is 6.24. The summed E-state index contributed by atoms with van der Waals surface area (Å²) in [6, 6.07) is -0.120. The van der Waals surface area contributed by atoms with E-state index < -0.39 is 24.9 Å². The summed E-state index contributed by atoms with van der Waals surface area (Å²) in [5.41, 5.74) is 0. The van der Waals surface area contributed by atoms with Crippen LogP contribution in [0.4, 0.5) is 13.2 Å². The van der Waals surface area contributed by atoms with Crippen molar-refractivity contribution in [2.75, 3.05) is 5.33 Å². The van der Waals surface area contributed by atoms with E-state index in [4.69, 9.17) is 0 Å². The number of halogens is 4. The highest BCUT2D eigenvalue weighted by molar-refractivity contribution is 9.09. The number of amides is 1. The smallest absolute Gasteiger partial charge is 0.353 e. The number of carbonyl (C=O) groups is 1. The zero-order valence-electron chi connectivity index (χ0n) is 8.70. The third-order valence-corrected chi connectivity index (χ3v) is 3.14. The molecule has 2 unspecified atom stereocenters. The van der Waals surface area contributed by atoms with Crippen LogP contribution in [-0.4, -0.2) is 23.5 Å². The van der Waals surface area contributed by atoms with Gasteiger partial charge >= 0.3 is 6.18 Å². The van der Waals surface area contributed by atoms with Gasteiger partial charge in [0.05, 0.1) is 6.42 Å². The van der Waals surface area contributed by atoms with E-state index in [1.165, 1.54) is 0 Å². The Balaban J connectivity index is 3.84. The zero-order valence-corrected chi connectivity index (χ0v) is 10.3. The molecule has 0 fully saturated rings. The first kappa shape index (κ1) is 14.7. The molecule has 0 aliphatic rings. The Morgan fingerprint density at radius 3 is 2.33 bits per heavy atom. The van der Waals surface area contributed by atoms with Crippen LogP contribution in [0, 0.1) is 5.92 Å². The minimum atomic E-state index is -4.26. The lowest BCUT2D eigenvalue weighted by molar-refractivity contribution is -0.144. The predicted octanol–water partition coefficient (Wildman–Crippen LogP) is 2.86. The lowest BCUT2D eigenvalue weighted by atomic mass is 10.1. The number of nitrogens with one attached hydrogen (secondary N) is 1. The van der Waals surface area contributed by atoms with Crippen molar-refractivity contribution in [1.82, 2.24) is 5.32 Å². The Hall–Kier alpha value is -0.260. The number of rotatable bonds is 5. The SMILES string of the molecule is CC(CBr)C(C)NC(=O)CCC(F)(F)F. The van der Waals surface area contributed by atoms with Crippen molar-refractivity contribution in [3.8, 4) is 0 Å². The molecule has 0 aliphatic heterocycles. The minimum absolute atomic E-state index is 0.120. The van der Waals surface area contributed by atoms with Gasteiger partial charge in [-0.3, -0.25) is 4.79 Å². The normalized spacial score (nSPS) is 15.9. The molecule has 2 nitrogen and oxygen atoms in total. The van der Waals surface area contributed by atoms with Crippen LogP contribution in [0.25, 0.3) is 0 Å². The van der Waals surface area contributed by atoms with Gasteiger partial charge in [0.2, 0.25) is 5.91 Å². The first-order chi connectivity index (χ1) is 6.76. The summed E-state index contributed by atoms with van der Waals surface area (Å²) in [4.78, 5) is 11.1. The fourth-order valence-corrected chi connectivity index (χ4v) is 1.42. The summed E-state index contributed by atoms with van der Waals surface area (Å²) in [6.07, 6.45) is -5.82. The van der Waals surface area contributed by atoms with Crippen molar-refractivity contribution in [2.24, 2.45) is 5.92 Å². The highest BCUT2D eigenvalue weighted by Crippen LogP contribution is 2.21. The quantitative estimate of drug-likeness (QED) is 0.775. The third-order valence-electron chi connectivity index (χ3n) is 2.12. The van der Waals surface area contributed by atoms with E-state index in [2.05, 4.69) is 21.2 Å². The molecule has 2 atom stereocenters. The molecule has 0 bridgehead atoms. The molecular weight excluding hydrogens is 275 g/mol. The van der Waals surface area contributed by atoms with Gasteiger partial charge in [0.1, 0.15) is 0 Å². The molecule has 0 aromatic carbocycles. The molecule has 0 saturated carbocycles. The first-order valence-corrected chi connectivity index (χ1v) is 5.80. The van der Waals surface area contributed by atoms with E-state index >= 15 is 0 Å². The number of hydrogen-bond acceptors (Lipinski definition) is 1. The summed E-state index contributed by atoms with van der Waals surface area (Å²) >= 11 is 3.24. The average Bonchev–Trinajstić information content (AvgIpc) is 2.12. The Morgan fingerprint density at radius 2 is 1.93 bits per heavy atom. The fourth-order valence-electron chi connectivity index (χ4n) is 0.857. The largest absolute Gasteiger partial charge is 0.389 e. The number of carbonyl (C=O) groups excluding carboxylic acids is 1. The van der Waals surface area contributed by atoms with Gasteiger partial charge in [0.25, 0.3) is 0 Å². The Labute approximate surface area is 95.7 Å². The van der Waals surface area contributed by atoms with Crippen molar-refractivity contribution in [3.63, 3.8) is 0 Å². The molecule has 0 aliphatic carbocycles. The van der Waals surface area contributed by atoms with Crippen LogP contribution in [0.3, 0.4) is 0 Å². The van der Waals surface area contributed by atoms with Gasteiger partial charge in [0, 0.05) is 17.8 Å². The van der Waals surface area contributed by atoms with Crippen LogP contribution in [0.5, 0.6) is 0 Å². The van der Waals surface area contributed by atoms with Gasteiger partial charge in [-0.25, -0.2) is 0 Å². The van der Waals surface area contributed by atoms with Gasteiger partial charge < -0.3 is 5.32 Å². The van der Waals surface area contributed by atoms with E-state index in [9.17, 15) is 18.0 Å². The molecule has 0 spiro atoms. The summed E-state index contributed by atoms with van der Waals surface area (Å²) in [6.45, 7) is 3.68. The summed E-state index contributed by atoms with van der Waals surface area (Å²) in [5.74, 6) is -0.354. The Morgan fingerprint density at radius 1 is 1.40 bits per heavy atom. The summed E-state index contributed by atoms with van der Waals surface area (Å²) in [7, 11) is 0. The highest BCUT2D eigenvalue weighted by Gasteiger charge is 2.28. The van der Waals surface area contributed by atoms with E-state index in [0.717, 1.165) is 0 Å². The fraction of sp³-hybridized carbons (Fsp3) is 0.889. The maximum Gasteiger partial charge on any atom is 0.389 e. The van der Waals surface area contributed by atoms with Gasteiger partial charge in [-0.2, -0.15) is 13.2 Å².